The minimum Gasteiger partial charge on any atom is -0.387 e. The van der Waals surface area contributed by atoms with Gasteiger partial charge in [0.2, 0.25) is 5.91 Å². The molecule has 1 amide bonds. The highest BCUT2D eigenvalue weighted by molar-refractivity contribution is 7.10. The fourth-order valence-electron chi connectivity index (χ4n) is 3.20. The highest BCUT2D eigenvalue weighted by Crippen LogP contribution is 2.33. The summed E-state index contributed by atoms with van der Waals surface area (Å²) in [6.07, 6.45) is 4.37. The number of rotatable bonds is 5. The Morgan fingerprint density at radius 2 is 2.22 bits per heavy atom. The van der Waals surface area contributed by atoms with Crippen molar-refractivity contribution in [3.8, 4) is 0 Å². The Hall–Kier alpha value is -1.66. The van der Waals surface area contributed by atoms with E-state index in [1.165, 1.54) is 0 Å². The van der Waals surface area contributed by atoms with Crippen molar-refractivity contribution in [2.75, 3.05) is 13.1 Å². The molecule has 124 valence electrons. The standard InChI is InChI=1S/C17H23N3O2S/c1-19-14(6-9-18-19)4-5-16(21)20-10-7-13(8-11-20)17(22)15-3-2-12-23-15/h2-3,6,9,12-13,17,22H,4-5,7-8,10-11H2,1H3/t17-/m1/s1. The SMILES string of the molecule is Cn1nccc1CCC(=O)N1CCC([C@@H](O)c2cccs2)CC1. The molecule has 0 aromatic carbocycles. The van der Waals surface area contributed by atoms with Gasteiger partial charge in [-0.05, 0) is 42.7 Å². The third kappa shape index (κ3) is 3.82. The van der Waals surface area contributed by atoms with Gasteiger partial charge < -0.3 is 10.0 Å². The predicted molar refractivity (Wildman–Crippen MR) is 90.1 cm³/mol. The van der Waals surface area contributed by atoms with Crippen LogP contribution in [0.2, 0.25) is 0 Å². The maximum Gasteiger partial charge on any atom is 0.222 e. The fourth-order valence-corrected chi connectivity index (χ4v) is 4.00. The Balaban J connectivity index is 1.47. The van der Waals surface area contributed by atoms with Gasteiger partial charge in [-0.15, -0.1) is 11.3 Å². The number of likely N-dealkylation sites (tertiary alicyclic amines) is 1. The van der Waals surface area contributed by atoms with E-state index in [4.69, 9.17) is 0 Å². The van der Waals surface area contributed by atoms with Gasteiger partial charge in [-0.1, -0.05) is 6.07 Å². The highest BCUT2D eigenvalue weighted by atomic mass is 32.1. The van der Waals surface area contributed by atoms with E-state index in [2.05, 4.69) is 5.10 Å². The van der Waals surface area contributed by atoms with E-state index >= 15 is 0 Å². The summed E-state index contributed by atoms with van der Waals surface area (Å²) < 4.78 is 1.82. The van der Waals surface area contributed by atoms with Crippen molar-refractivity contribution in [2.45, 2.75) is 31.8 Å². The topological polar surface area (TPSA) is 58.4 Å². The molecule has 1 saturated heterocycles. The van der Waals surface area contributed by atoms with Crippen LogP contribution in [0.3, 0.4) is 0 Å². The molecule has 0 saturated carbocycles. The first-order chi connectivity index (χ1) is 11.1. The smallest absolute Gasteiger partial charge is 0.222 e. The van der Waals surface area contributed by atoms with Crippen LogP contribution in [0, 0.1) is 5.92 Å². The number of hydrogen-bond donors (Lipinski definition) is 1. The average Bonchev–Trinajstić information content (AvgIpc) is 3.24. The van der Waals surface area contributed by atoms with E-state index < -0.39 is 0 Å². The van der Waals surface area contributed by atoms with Crippen LogP contribution in [0.15, 0.2) is 29.8 Å². The quantitative estimate of drug-likeness (QED) is 0.914. The molecular weight excluding hydrogens is 310 g/mol. The normalized spacial score (nSPS) is 17.4. The lowest BCUT2D eigenvalue weighted by molar-refractivity contribution is -0.133. The number of aliphatic hydroxyl groups excluding tert-OH is 1. The number of hydrogen-bond acceptors (Lipinski definition) is 4. The van der Waals surface area contributed by atoms with Crippen molar-refractivity contribution in [3.63, 3.8) is 0 Å². The number of nitrogens with zero attached hydrogens (tertiary/aromatic N) is 3. The lowest BCUT2D eigenvalue weighted by Crippen LogP contribution is -2.39. The maximum absolute atomic E-state index is 12.3. The fraction of sp³-hybridized carbons (Fsp3) is 0.529. The van der Waals surface area contributed by atoms with E-state index in [1.807, 2.05) is 40.2 Å². The van der Waals surface area contributed by atoms with Crippen molar-refractivity contribution in [2.24, 2.45) is 13.0 Å². The number of aryl methyl sites for hydroxylation is 2. The molecule has 1 aliphatic rings. The summed E-state index contributed by atoms with van der Waals surface area (Å²) in [6, 6.07) is 5.91. The maximum atomic E-state index is 12.3. The minimum absolute atomic E-state index is 0.204. The Bertz CT molecular complexity index is 630. The monoisotopic (exact) mass is 333 g/mol. The van der Waals surface area contributed by atoms with Crippen molar-refractivity contribution < 1.29 is 9.90 Å². The predicted octanol–water partition coefficient (Wildman–Crippen LogP) is 2.39. The second kappa shape index (κ2) is 7.27. The van der Waals surface area contributed by atoms with Crippen molar-refractivity contribution in [1.82, 2.24) is 14.7 Å². The van der Waals surface area contributed by atoms with Gasteiger partial charge in [-0.25, -0.2) is 0 Å². The molecule has 0 radical (unpaired) electrons. The molecule has 0 bridgehead atoms. The molecule has 0 spiro atoms. The highest BCUT2D eigenvalue weighted by Gasteiger charge is 2.28. The molecule has 0 aliphatic carbocycles. The number of piperidine rings is 1. The molecule has 23 heavy (non-hydrogen) atoms. The summed E-state index contributed by atoms with van der Waals surface area (Å²) in [5.74, 6) is 0.463. The number of amides is 1. The Morgan fingerprint density at radius 3 is 2.83 bits per heavy atom. The molecule has 2 aromatic rings. The molecule has 3 heterocycles. The Morgan fingerprint density at radius 1 is 1.43 bits per heavy atom. The van der Waals surface area contributed by atoms with Crippen molar-refractivity contribution in [3.05, 3.63) is 40.3 Å². The molecule has 3 rings (SSSR count). The average molecular weight is 333 g/mol. The van der Waals surface area contributed by atoms with Crippen LogP contribution in [0.5, 0.6) is 0 Å². The lowest BCUT2D eigenvalue weighted by atomic mass is 9.90. The number of carbonyl (C=O) groups excluding carboxylic acids is 1. The molecule has 1 aliphatic heterocycles. The first kappa shape index (κ1) is 16.2. The van der Waals surface area contributed by atoms with Crippen LogP contribution in [-0.4, -0.2) is 38.8 Å². The molecular formula is C17H23N3O2S. The lowest BCUT2D eigenvalue weighted by Gasteiger charge is -2.34. The largest absolute Gasteiger partial charge is 0.387 e. The number of aliphatic hydroxyl groups is 1. The zero-order valence-corrected chi connectivity index (χ0v) is 14.2. The summed E-state index contributed by atoms with van der Waals surface area (Å²) in [5, 5.41) is 16.5. The second-order valence-corrected chi connectivity index (χ2v) is 7.10. The van der Waals surface area contributed by atoms with Gasteiger partial charge in [-0.3, -0.25) is 9.48 Å². The van der Waals surface area contributed by atoms with E-state index in [-0.39, 0.29) is 17.9 Å². The van der Waals surface area contributed by atoms with Crippen LogP contribution in [0.25, 0.3) is 0 Å². The summed E-state index contributed by atoms with van der Waals surface area (Å²) in [6.45, 7) is 1.49. The van der Waals surface area contributed by atoms with Crippen LogP contribution < -0.4 is 0 Å². The molecule has 2 aromatic heterocycles. The molecule has 1 fully saturated rings. The van der Waals surface area contributed by atoms with Crippen LogP contribution >= 0.6 is 11.3 Å². The summed E-state index contributed by atoms with van der Waals surface area (Å²) >= 11 is 1.60. The molecule has 0 unspecified atom stereocenters. The third-order valence-electron chi connectivity index (χ3n) is 4.69. The first-order valence-electron chi connectivity index (χ1n) is 8.11. The van der Waals surface area contributed by atoms with Gasteiger partial charge >= 0.3 is 0 Å². The van der Waals surface area contributed by atoms with Crippen molar-refractivity contribution >= 4 is 17.2 Å². The zero-order chi connectivity index (χ0) is 16.2. The molecule has 1 N–H and O–H groups in total. The number of aromatic nitrogens is 2. The van der Waals surface area contributed by atoms with Crippen LogP contribution in [0.1, 0.15) is 35.9 Å². The third-order valence-corrected chi connectivity index (χ3v) is 5.63. The summed E-state index contributed by atoms with van der Waals surface area (Å²) in [4.78, 5) is 15.3. The van der Waals surface area contributed by atoms with Gasteiger partial charge in [0.25, 0.3) is 0 Å². The van der Waals surface area contributed by atoms with Crippen LogP contribution in [0.4, 0.5) is 0 Å². The first-order valence-corrected chi connectivity index (χ1v) is 8.99. The zero-order valence-electron chi connectivity index (χ0n) is 13.4. The number of carbonyl (C=O) groups is 1. The van der Waals surface area contributed by atoms with E-state index in [1.54, 1.807) is 17.5 Å². The van der Waals surface area contributed by atoms with Gasteiger partial charge in [-0.2, -0.15) is 5.10 Å². The van der Waals surface area contributed by atoms with E-state index in [0.717, 1.165) is 42.9 Å². The second-order valence-electron chi connectivity index (χ2n) is 6.12. The number of thiophene rings is 1. The van der Waals surface area contributed by atoms with Gasteiger partial charge in [0.1, 0.15) is 0 Å². The summed E-state index contributed by atoms with van der Waals surface area (Å²) in [7, 11) is 1.90. The van der Waals surface area contributed by atoms with Crippen LogP contribution in [-0.2, 0) is 18.3 Å². The minimum atomic E-state index is -0.387. The van der Waals surface area contributed by atoms with E-state index in [0.29, 0.717) is 6.42 Å². The molecule has 1 atom stereocenters. The Kier molecular flexibility index (Phi) is 5.13. The molecule has 5 nitrogen and oxygen atoms in total. The van der Waals surface area contributed by atoms with Gasteiger partial charge in [0.15, 0.2) is 0 Å². The summed E-state index contributed by atoms with van der Waals surface area (Å²) in [5.41, 5.74) is 1.08. The van der Waals surface area contributed by atoms with E-state index in [9.17, 15) is 9.90 Å². The van der Waals surface area contributed by atoms with Gasteiger partial charge in [0, 0.05) is 43.3 Å². The van der Waals surface area contributed by atoms with Gasteiger partial charge in [0.05, 0.1) is 6.10 Å². The Labute approximate surface area is 140 Å². The van der Waals surface area contributed by atoms with Crippen molar-refractivity contribution in [1.29, 1.82) is 0 Å². The molecule has 6 heteroatoms.